The molecule has 0 amide bonds. The highest BCUT2D eigenvalue weighted by Gasteiger charge is 2.38. The molecule has 7 unspecified atom stereocenters. The maximum Gasteiger partial charge on any atom is 0.150 e. The van der Waals surface area contributed by atoms with Crippen LogP contribution in [-0.2, 0) is 22.2 Å². The van der Waals surface area contributed by atoms with Crippen molar-refractivity contribution < 1.29 is 18.5 Å². The van der Waals surface area contributed by atoms with E-state index in [0.717, 1.165) is 74.2 Å². The number of fused-ring (bicyclic) bond motifs is 1. The van der Waals surface area contributed by atoms with Gasteiger partial charge in [-0.1, -0.05) is 57.5 Å². The molecule has 0 spiro atoms. The summed E-state index contributed by atoms with van der Waals surface area (Å²) in [6.45, 7) is 8.37. The summed E-state index contributed by atoms with van der Waals surface area (Å²) in [7, 11) is 0.645. The van der Waals surface area contributed by atoms with E-state index < -0.39 is 11.0 Å². The van der Waals surface area contributed by atoms with Gasteiger partial charge in [-0.05, 0) is 98.9 Å². The van der Waals surface area contributed by atoms with Crippen molar-refractivity contribution in [2.24, 2.45) is 23.7 Å². The molecule has 1 aliphatic carbocycles. The minimum Gasteiger partial charge on any atom is -0.491 e. The van der Waals surface area contributed by atoms with Crippen LogP contribution in [0.2, 0.25) is 5.02 Å². The Kier molecular flexibility index (Phi) is 13.5. The van der Waals surface area contributed by atoms with Crippen molar-refractivity contribution >= 4 is 40.8 Å². The normalized spacial score (nSPS) is 22.6. The molecular formula is C35H49ClN2O4S. The summed E-state index contributed by atoms with van der Waals surface area (Å²) in [4.78, 5) is 26.3. The van der Waals surface area contributed by atoms with E-state index in [1.54, 1.807) is 7.05 Å². The average Bonchev–Trinajstić information content (AvgIpc) is 3.16. The fourth-order valence-corrected chi connectivity index (χ4v) is 7.44. The minimum absolute atomic E-state index is 0. The molecule has 1 heterocycles. The first kappa shape index (κ1) is 35.0. The lowest BCUT2D eigenvalue weighted by atomic mass is 9.67. The Morgan fingerprint density at radius 2 is 1.95 bits per heavy atom. The number of aryl methyl sites for hydroxylation is 1. The van der Waals surface area contributed by atoms with Crippen molar-refractivity contribution in [1.82, 2.24) is 4.72 Å². The van der Waals surface area contributed by atoms with Gasteiger partial charge in [0.2, 0.25) is 0 Å². The van der Waals surface area contributed by atoms with Gasteiger partial charge >= 0.3 is 0 Å². The van der Waals surface area contributed by atoms with Gasteiger partial charge in [0.05, 0.1) is 23.3 Å². The van der Waals surface area contributed by atoms with E-state index in [-0.39, 0.29) is 36.3 Å². The quantitative estimate of drug-likeness (QED) is 0.174. The third-order valence-corrected chi connectivity index (χ3v) is 11.0. The highest BCUT2D eigenvalue weighted by molar-refractivity contribution is 7.83. The smallest absolute Gasteiger partial charge is 0.150 e. The molecule has 0 saturated heterocycles. The van der Waals surface area contributed by atoms with E-state index in [2.05, 4.69) is 47.8 Å². The van der Waals surface area contributed by atoms with Gasteiger partial charge in [-0.3, -0.25) is 4.79 Å². The van der Waals surface area contributed by atoms with Crippen LogP contribution in [0.1, 0.15) is 81.3 Å². The monoisotopic (exact) mass is 628 g/mol. The predicted octanol–water partition coefficient (Wildman–Crippen LogP) is 7.42. The third-order valence-electron chi connectivity index (χ3n) is 9.19. The van der Waals surface area contributed by atoms with E-state index in [1.165, 1.54) is 11.1 Å². The Balaban J connectivity index is 0.00000506. The molecule has 4 rings (SSSR count). The topological polar surface area (TPSA) is 75.7 Å². The van der Waals surface area contributed by atoms with Crippen molar-refractivity contribution in [3.8, 4) is 5.75 Å². The Hall–Kier alpha value is -2.48. The Morgan fingerprint density at radius 3 is 2.60 bits per heavy atom. The van der Waals surface area contributed by atoms with Crippen LogP contribution in [0, 0.1) is 23.7 Å². The summed E-state index contributed by atoms with van der Waals surface area (Å²) in [5.41, 5.74) is 4.08. The number of halogens is 1. The Labute approximate surface area is 266 Å². The first-order valence-electron chi connectivity index (χ1n) is 15.2. The number of rotatable bonds is 14. The number of carbonyl (C=O) groups is 2. The maximum atomic E-state index is 12.2. The van der Waals surface area contributed by atoms with Gasteiger partial charge in [0.1, 0.15) is 18.3 Å². The fourth-order valence-electron chi connectivity index (χ4n) is 6.34. The van der Waals surface area contributed by atoms with Gasteiger partial charge in [0.15, 0.2) is 0 Å². The molecule has 0 aromatic heterocycles. The van der Waals surface area contributed by atoms with E-state index in [0.29, 0.717) is 18.1 Å². The number of nitrogens with one attached hydrogen (secondary N) is 1. The molecule has 2 aromatic carbocycles. The minimum atomic E-state index is -1.07. The van der Waals surface area contributed by atoms with E-state index >= 15 is 0 Å². The van der Waals surface area contributed by atoms with Gasteiger partial charge < -0.3 is 14.4 Å². The second-order valence-corrected chi connectivity index (χ2v) is 14.1. The van der Waals surface area contributed by atoms with Gasteiger partial charge in [-0.25, -0.2) is 8.93 Å². The Bertz CT molecular complexity index is 1280. The van der Waals surface area contributed by atoms with Crippen LogP contribution in [0.5, 0.6) is 5.75 Å². The molecule has 8 heteroatoms. The van der Waals surface area contributed by atoms with E-state index in [9.17, 15) is 13.8 Å². The molecule has 2 aliphatic rings. The maximum absolute atomic E-state index is 12.2. The molecule has 236 valence electrons. The zero-order chi connectivity index (χ0) is 30.2. The highest BCUT2D eigenvalue weighted by Crippen LogP contribution is 2.43. The number of hydrogen-bond acceptors (Lipinski definition) is 5. The predicted molar refractivity (Wildman–Crippen MR) is 180 cm³/mol. The summed E-state index contributed by atoms with van der Waals surface area (Å²) in [5, 5.41) is 0.774. The number of benzene rings is 2. The number of anilines is 1. The molecule has 6 nitrogen and oxygen atoms in total. The summed E-state index contributed by atoms with van der Waals surface area (Å²) < 4.78 is 21.3. The van der Waals surface area contributed by atoms with Crippen molar-refractivity contribution in [1.29, 1.82) is 0 Å². The Morgan fingerprint density at radius 1 is 1.16 bits per heavy atom. The summed E-state index contributed by atoms with van der Waals surface area (Å²) >= 11 is 6.38. The lowest BCUT2D eigenvalue weighted by Gasteiger charge is -2.43. The summed E-state index contributed by atoms with van der Waals surface area (Å²) in [5.74, 6) is 1.64. The van der Waals surface area contributed by atoms with Crippen LogP contribution < -0.4 is 14.4 Å². The molecule has 2 aromatic rings. The lowest BCUT2D eigenvalue weighted by molar-refractivity contribution is -0.112. The van der Waals surface area contributed by atoms with Gasteiger partial charge in [0.25, 0.3) is 0 Å². The van der Waals surface area contributed by atoms with Crippen LogP contribution in [0.4, 0.5) is 5.69 Å². The van der Waals surface area contributed by atoms with Crippen molar-refractivity contribution in [2.75, 3.05) is 31.6 Å². The molecule has 43 heavy (non-hydrogen) atoms. The number of ether oxygens (including phenoxy) is 1. The van der Waals surface area contributed by atoms with E-state index in [4.69, 9.17) is 16.3 Å². The van der Waals surface area contributed by atoms with Gasteiger partial charge in [-0.2, -0.15) is 0 Å². The molecular weight excluding hydrogens is 580 g/mol. The van der Waals surface area contributed by atoms with Crippen LogP contribution in [0.15, 0.2) is 48.6 Å². The zero-order valence-electron chi connectivity index (χ0n) is 25.3. The number of nitrogens with zero attached hydrogens (tertiary/aromatic N) is 1. The van der Waals surface area contributed by atoms with Crippen molar-refractivity contribution in [3.05, 3.63) is 70.3 Å². The second kappa shape index (κ2) is 16.6. The van der Waals surface area contributed by atoms with Crippen LogP contribution >= 0.6 is 11.6 Å². The third kappa shape index (κ3) is 8.58. The van der Waals surface area contributed by atoms with Gasteiger partial charge in [0, 0.05) is 40.8 Å². The zero-order valence-corrected chi connectivity index (χ0v) is 26.8. The van der Waals surface area contributed by atoms with Gasteiger partial charge in [-0.15, -0.1) is 0 Å². The first-order valence-corrected chi connectivity index (χ1v) is 16.8. The average molecular weight is 629 g/mol. The van der Waals surface area contributed by atoms with Crippen molar-refractivity contribution in [3.63, 3.8) is 0 Å². The SMILES string of the molecule is C.CCCc1cc(Cl)ccc1C1COc2ccc(C=O)cc2N(CC2CCC2C(C=O)/C=C/CC(C)C(C)S(=O)NC)C1. The number of aldehydes is 2. The van der Waals surface area contributed by atoms with Crippen LogP contribution in [-0.4, -0.2) is 48.8 Å². The second-order valence-electron chi connectivity index (χ2n) is 11.9. The molecule has 7 atom stereocenters. The standard InChI is InChI=1S/C34H45ClN2O4S.CH4/c1-5-7-26-17-30(35)12-14-31(26)29-19-37(33-16-25(20-38)10-15-34(33)41-22-29)18-27-11-13-32(27)28(21-39)9-6-8-23(2)24(3)42(40)36-4;/h6,9-10,12,14-17,20-21,23-24,27-29,32,36H,5,7-8,11,13,18-19,22H2,1-4H3;1H4/b9-6+;. The lowest BCUT2D eigenvalue weighted by Crippen LogP contribution is -2.42. The molecule has 0 radical (unpaired) electrons. The van der Waals surface area contributed by atoms with Crippen LogP contribution in [0.3, 0.4) is 0 Å². The van der Waals surface area contributed by atoms with Crippen LogP contribution in [0.25, 0.3) is 0 Å². The highest BCUT2D eigenvalue weighted by atomic mass is 35.5. The first-order chi connectivity index (χ1) is 20.3. The molecule has 1 saturated carbocycles. The number of allylic oxidation sites excluding steroid dienone is 2. The van der Waals surface area contributed by atoms with E-state index in [1.807, 2.05) is 31.2 Å². The molecule has 0 bridgehead atoms. The van der Waals surface area contributed by atoms with Crippen molar-refractivity contribution in [2.45, 2.75) is 71.5 Å². The number of hydrogen-bond donors (Lipinski definition) is 1. The fraction of sp³-hybridized carbons (Fsp3) is 0.543. The largest absolute Gasteiger partial charge is 0.491 e. The molecule has 1 aliphatic heterocycles. The number of carbonyl (C=O) groups excluding carboxylic acids is 2. The molecule has 1 fully saturated rings. The summed E-state index contributed by atoms with van der Waals surface area (Å²) in [6.07, 6.45) is 11.0. The summed E-state index contributed by atoms with van der Waals surface area (Å²) in [6, 6.07) is 11.8. The molecule has 1 N–H and O–H groups in total.